The Labute approximate surface area is 133 Å². The molecule has 3 nitrogen and oxygen atoms in total. The molecule has 0 saturated heterocycles. The molecule has 2 N–H and O–H groups in total. The Morgan fingerprint density at radius 3 is 2.78 bits per heavy atom. The monoisotopic (exact) mass is 317 g/mol. The van der Waals surface area contributed by atoms with E-state index in [1.807, 2.05) is 24.3 Å². The van der Waals surface area contributed by atoms with Crippen LogP contribution in [0.4, 0.5) is 8.78 Å². The number of benzene rings is 2. The van der Waals surface area contributed by atoms with E-state index in [0.717, 1.165) is 36.1 Å². The van der Waals surface area contributed by atoms with Crippen molar-refractivity contribution in [2.45, 2.75) is 24.9 Å². The van der Waals surface area contributed by atoms with Gasteiger partial charge in [-0.3, -0.25) is 4.79 Å². The quantitative estimate of drug-likeness (QED) is 0.914. The molecule has 1 unspecified atom stereocenters. The number of fused-ring (bicyclic) bond motifs is 1. The molecule has 0 fully saturated rings. The van der Waals surface area contributed by atoms with Crippen molar-refractivity contribution in [3.05, 3.63) is 70.8 Å². The van der Waals surface area contributed by atoms with Crippen molar-refractivity contribution in [1.29, 1.82) is 0 Å². The molecule has 23 heavy (non-hydrogen) atoms. The first-order valence-electron chi connectivity index (χ1n) is 7.54. The fraction of sp³-hybridized carbons (Fsp3) is 0.278. The number of aliphatic hydroxyl groups is 1. The number of amides is 1. The lowest BCUT2D eigenvalue weighted by Gasteiger charge is -2.34. The van der Waals surface area contributed by atoms with Crippen molar-refractivity contribution in [2.24, 2.45) is 0 Å². The van der Waals surface area contributed by atoms with Crippen LogP contribution in [0.25, 0.3) is 0 Å². The molecule has 0 heterocycles. The summed E-state index contributed by atoms with van der Waals surface area (Å²) >= 11 is 0. The fourth-order valence-corrected chi connectivity index (χ4v) is 3.08. The van der Waals surface area contributed by atoms with Crippen LogP contribution in [-0.2, 0) is 12.0 Å². The van der Waals surface area contributed by atoms with Crippen molar-refractivity contribution < 1.29 is 18.7 Å². The maximum Gasteiger partial charge on any atom is 0.254 e. The molecule has 0 aliphatic heterocycles. The fourth-order valence-electron chi connectivity index (χ4n) is 3.08. The van der Waals surface area contributed by atoms with Gasteiger partial charge in [-0.25, -0.2) is 8.78 Å². The molecule has 3 rings (SSSR count). The molecule has 1 amide bonds. The van der Waals surface area contributed by atoms with E-state index in [9.17, 15) is 18.7 Å². The average molecular weight is 317 g/mol. The number of halogens is 2. The van der Waals surface area contributed by atoms with Gasteiger partial charge in [0.15, 0.2) is 0 Å². The summed E-state index contributed by atoms with van der Waals surface area (Å²) < 4.78 is 26.5. The Balaban J connectivity index is 1.77. The van der Waals surface area contributed by atoms with Crippen molar-refractivity contribution in [1.82, 2.24) is 5.32 Å². The highest BCUT2D eigenvalue weighted by molar-refractivity contribution is 5.94. The number of aryl methyl sites for hydroxylation is 1. The topological polar surface area (TPSA) is 49.3 Å². The summed E-state index contributed by atoms with van der Waals surface area (Å²) in [5.41, 5.74) is 0.453. The van der Waals surface area contributed by atoms with Crippen LogP contribution in [0.3, 0.4) is 0 Å². The van der Waals surface area contributed by atoms with Crippen LogP contribution in [0.15, 0.2) is 42.5 Å². The van der Waals surface area contributed by atoms with E-state index in [-0.39, 0.29) is 12.1 Å². The largest absolute Gasteiger partial charge is 0.383 e. The molecule has 2 aromatic rings. The van der Waals surface area contributed by atoms with E-state index >= 15 is 0 Å². The third kappa shape index (κ3) is 3.10. The minimum absolute atomic E-state index is 0.0142. The maximum absolute atomic E-state index is 13.6. The summed E-state index contributed by atoms with van der Waals surface area (Å²) in [5, 5.41) is 13.4. The molecule has 1 atom stereocenters. The second-order valence-corrected chi connectivity index (χ2v) is 5.85. The zero-order chi connectivity index (χ0) is 16.4. The smallest absolute Gasteiger partial charge is 0.254 e. The lowest BCUT2D eigenvalue weighted by Crippen LogP contribution is -2.43. The van der Waals surface area contributed by atoms with Crippen LogP contribution < -0.4 is 5.32 Å². The predicted octanol–water partition coefficient (Wildman–Crippen LogP) is 2.92. The minimum Gasteiger partial charge on any atom is -0.383 e. The molecule has 0 spiro atoms. The van der Waals surface area contributed by atoms with Gasteiger partial charge in [-0.1, -0.05) is 24.3 Å². The number of hydrogen-bond acceptors (Lipinski definition) is 2. The van der Waals surface area contributed by atoms with Crippen LogP contribution >= 0.6 is 0 Å². The van der Waals surface area contributed by atoms with Gasteiger partial charge in [-0.05, 0) is 42.5 Å². The number of carbonyl (C=O) groups is 1. The SMILES string of the molecule is O=C(NCC1(O)CCCc2ccccc21)c1ccc(F)cc1F. The van der Waals surface area contributed by atoms with E-state index in [0.29, 0.717) is 12.5 Å². The Kier molecular flexibility index (Phi) is 4.13. The Morgan fingerprint density at radius 1 is 1.22 bits per heavy atom. The van der Waals surface area contributed by atoms with Crippen molar-refractivity contribution in [2.75, 3.05) is 6.54 Å². The zero-order valence-electron chi connectivity index (χ0n) is 12.5. The van der Waals surface area contributed by atoms with Gasteiger partial charge in [0.25, 0.3) is 5.91 Å². The molecular formula is C18H17F2NO2. The first kappa shape index (κ1) is 15.6. The number of carbonyl (C=O) groups excluding carboxylic acids is 1. The standard InChI is InChI=1S/C18H17F2NO2/c19-13-7-8-14(16(20)10-13)17(22)21-11-18(23)9-3-5-12-4-1-2-6-15(12)18/h1-2,4,6-8,10,23H,3,5,9,11H2,(H,21,22). The van der Waals surface area contributed by atoms with Gasteiger partial charge in [0.2, 0.25) is 0 Å². The highest BCUT2D eigenvalue weighted by Crippen LogP contribution is 2.34. The summed E-state index contributed by atoms with van der Waals surface area (Å²) in [5.74, 6) is -2.32. The van der Waals surface area contributed by atoms with Gasteiger partial charge in [0.05, 0.1) is 12.1 Å². The van der Waals surface area contributed by atoms with Crippen LogP contribution in [0.1, 0.15) is 34.3 Å². The Morgan fingerprint density at radius 2 is 2.00 bits per heavy atom. The summed E-state index contributed by atoms with van der Waals surface area (Å²) in [6, 6.07) is 10.4. The maximum atomic E-state index is 13.6. The van der Waals surface area contributed by atoms with Crippen LogP contribution in [0.5, 0.6) is 0 Å². The number of rotatable bonds is 3. The molecule has 0 aromatic heterocycles. The predicted molar refractivity (Wildman–Crippen MR) is 82.0 cm³/mol. The van der Waals surface area contributed by atoms with Gasteiger partial charge in [-0.2, -0.15) is 0 Å². The van der Waals surface area contributed by atoms with Crippen LogP contribution in [0, 0.1) is 11.6 Å². The second kappa shape index (κ2) is 6.08. The second-order valence-electron chi connectivity index (χ2n) is 5.85. The van der Waals surface area contributed by atoms with E-state index in [2.05, 4.69) is 5.32 Å². The van der Waals surface area contributed by atoms with Crippen LogP contribution in [-0.4, -0.2) is 17.6 Å². The molecule has 0 radical (unpaired) electrons. The van der Waals surface area contributed by atoms with E-state index in [4.69, 9.17) is 0 Å². The molecular weight excluding hydrogens is 300 g/mol. The van der Waals surface area contributed by atoms with E-state index < -0.39 is 23.1 Å². The van der Waals surface area contributed by atoms with Crippen molar-refractivity contribution >= 4 is 5.91 Å². The minimum atomic E-state index is -1.17. The normalized spacial score (nSPS) is 20.0. The van der Waals surface area contributed by atoms with Gasteiger partial charge in [0, 0.05) is 6.07 Å². The summed E-state index contributed by atoms with van der Waals surface area (Å²) in [6.07, 6.45) is 2.23. The van der Waals surface area contributed by atoms with E-state index in [1.165, 1.54) is 0 Å². The third-order valence-electron chi connectivity index (χ3n) is 4.27. The summed E-state index contributed by atoms with van der Waals surface area (Å²) in [6.45, 7) is -0.0142. The first-order valence-corrected chi connectivity index (χ1v) is 7.54. The molecule has 1 aliphatic carbocycles. The Bertz CT molecular complexity index is 748. The van der Waals surface area contributed by atoms with Gasteiger partial charge >= 0.3 is 0 Å². The lowest BCUT2D eigenvalue weighted by atomic mass is 9.79. The average Bonchev–Trinajstić information content (AvgIpc) is 2.53. The molecule has 5 heteroatoms. The van der Waals surface area contributed by atoms with Crippen LogP contribution in [0.2, 0.25) is 0 Å². The third-order valence-corrected chi connectivity index (χ3v) is 4.27. The molecule has 1 aliphatic rings. The highest BCUT2D eigenvalue weighted by Gasteiger charge is 2.34. The first-order chi connectivity index (χ1) is 11.0. The van der Waals surface area contributed by atoms with Gasteiger partial charge in [0.1, 0.15) is 17.2 Å². The molecule has 0 saturated carbocycles. The van der Waals surface area contributed by atoms with Gasteiger partial charge < -0.3 is 10.4 Å². The number of nitrogens with one attached hydrogen (secondary N) is 1. The van der Waals surface area contributed by atoms with Crippen molar-refractivity contribution in [3.63, 3.8) is 0 Å². The van der Waals surface area contributed by atoms with E-state index in [1.54, 1.807) is 0 Å². The number of hydrogen-bond donors (Lipinski definition) is 2. The lowest BCUT2D eigenvalue weighted by molar-refractivity contribution is 0.0189. The highest BCUT2D eigenvalue weighted by atomic mass is 19.1. The summed E-state index contributed by atoms with van der Waals surface area (Å²) in [4.78, 5) is 12.1. The molecule has 120 valence electrons. The Hall–Kier alpha value is -2.27. The van der Waals surface area contributed by atoms with Crippen molar-refractivity contribution in [3.8, 4) is 0 Å². The summed E-state index contributed by atoms with van der Waals surface area (Å²) in [7, 11) is 0. The molecule has 2 aromatic carbocycles. The zero-order valence-corrected chi connectivity index (χ0v) is 12.5. The molecule has 0 bridgehead atoms. The van der Waals surface area contributed by atoms with Gasteiger partial charge in [-0.15, -0.1) is 0 Å².